The number of likely N-dealkylation sites (N-methyl/N-ethyl adjacent to an activating group) is 1. The van der Waals surface area contributed by atoms with Crippen LogP contribution in [0, 0.1) is 0 Å². The number of hydrogen-bond donors (Lipinski definition) is 1. The van der Waals surface area contributed by atoms with Crippen molar-refractivity contribution in [3.8, 4) is 0 Å². The van der Waals surface area contributed by atoms with Crippen LogP contribution in [0.25, 0.3) is 0 Å². The molecule has 0 aliphatic carbocycles. The zero-order valence-corrected chi connectivity index (χ0v) is 5.04. The average molecular weight is 113 g/mol. The number of β-amino-alcohol motifs (C(OH)–C–C–N with tert-alkyl or cyclic N) is 1. The molecule has 0 radical (unpaired) electrons. The third kappa shape index (κ3) is 1.32. The predicted octanol–water partition coefficient (Wildman–Crippen LogP) is -0.151. The van der Waals surface area contributed by atoms with Crippen molar-refractivity contribution in [3.05, 3.63) is 12.2 Å². The molecule has 0 spiro atoms. The van der Waals surface area contributed by atoms with Crippen molar-refractivity contribution in [1.82, 2.24) is 4.90 Å². The van der Waals surface area contributed by atoms with Gasteiger partial charge in [0.15, 0.2) is 0 Å². The Kier molecular flexibility index (Phi) is 1.65. The number of nitrogens with zero attached hydrogens (tertiary/aromatic N) is 1. The Balaban J connectivity index is 2.42. The number of rotatable bonds is 0. The molecular weight excluding hydrogens is 102 g/mol. The van der Waals surface area contributed by atoms with E-state index in [1.54, 1.807) is 0 Å². The molecule has 0 saturated carbocycles. The summed E-state index contributed by atoms with van der Waals surface area (Å²) in [5.74, 6) is 0. The van der Waals surface area contributed by atoms with E-state index in [1.165, 1.54) is 0 Å². The van der Waals surface area contributed by atoms with Gasteiger partial charge < -0.3 is 5.11 Å². The maximum absolute atomic E-state index is 8.95. The van der Waals surface area contributed by atoms with Crippen LogP contribution >= 0.6 is 0 Å². The monoisotopic (exact) mass is 113 g/mol. The molecule has 1 heterocycles. The van der Waals surface area contributed by atoms with E-state index in [-0.39, 0.29) is 6.10 Å². The first kappa shape index (κ1) is 5.79. The summed E-state index contributed by atoms with van der Waals surface area (Å²) in [5, 5.41) is 8.95. The van der Waals surface area contributed by atoms with Crippen LogP contribution in [0.5, 0.6) is 0 Å². The van der Waals surface area contributed by atoms with Gasteiger partial charge in [0, 0.05) is 13.1 Å². The summed E-state index contributed by atoms with van der Waals surface area (Å²) in [6, 6.07) is 0. The van der Waals surface area contributed by atoms with Crippen molar-refractivity contribution in [2.75, 3.05) is 20.1 Å². The minimum absolute atomic E-state index is 0.242. The van der Waals surface area contributed by atoms with Gasteiger partial charge in [0.1, 0.15) is 0 Å². The molecule has 1 atom stereocenters. The molecule has 0 aromatic heterocycles. The Hall–Kier alpha value is -0.340. The Morgan fingerprint density at radius 3 is 2.88 bits per heavy atom. The van der Waals surface area contributed by atoms with E-state index >= 15 is 0 Å². The number of aliphatic hydroxyl groups is 1. The van der Waals surface area contributed by atoms with E-state index in [0.717, 1.165) is 13.1 Å². The van der Waals surface area contributed by atoms with Crippen LogP contribution in [0.4, 0.5) is 0 Å². The fourth-order valence-corrected chi connectivity index (χ4v) is 0.853. The van der Waals surface area contributed by atoms with E-state index in [4.69, 9.17) is 5.11 Å². The van der Waals surface area contributed by atoms with Crippen molar-refractivity contribution in [3.63, 3.8) is 0 Å². The summed E-state index contributed by atoms with van der Waals surface area (Å²) >= 11 is 0. The van der Waals surface area contributed by atoms with Gasteiger partial charge in [-0.1, -0.05) is 12.2 Å². The van der Waals surface area contributed by atoms with Crippen LogP contribution in [-0.2, 0) is 0 Å². The normalized spacial score (nSPS) is 31.0. The molecule has 1 aliphatic heterocycles. The molecule has 0 aromatic carbocycles. The molecule has 2 nitrogen and oxygen atoms in total. The second-order valence-corrected chi connectivity index (χ2v) is 2.22. The van der Waals surface area contributed by atoms with Crippen molar-refractivity contribution in [2.45, 2.75) is 6.10 Å². The predicted molar refractivity (Wildman–Crippen MR) is 32.6 cm³/mol. The highest BCUT2D eigenvalue weighted by Gasteiger charge is 2.06. The first-order valence-electron chi connectivity index (χ1n) is 2.82. The first-order chi connectivity index (χ1) is 3.79. The molecule has 1 rings (SSSR count). The van der Waals surface area contributed by atoms with Crippen LogP contribution in [0.2, 0.25) is 0 Å². The van der Waals surface area contributed by atoms with Gasteiger partial charge in [0.2, 0.25) is 0 Å². The molecule has 0 unspecified atom stereocenters. The second kappa shape index (κ2) is 2.29. The number of aliphatic hydroxyl groups excluding tert-OH is 1. The van der Waals surface area contributed by atoms with Gasteiger partial charge in [0.05, 0.1) is 6.10 Å². The minimum Gasteiger partial charge on any atom is -0.388 e. The summed E-state index contributed by atoms with van der Waals surface area (Å²) in [6.07, 6.45) is 3.57. The topological polar surface area (TPSA) is 23.5 Å². The van der Waals surface area contributed by atoms with Crippen LogP contribution < -0.4 is 0 Å². The van der Waals surface area contributed by atoms with Crippen molar-refractivity contribution < 1.29 is 5.11 Å². The highest BCUT2D eigenvalue weighted by Crippen LogP contribution is 1.97. The molecule has 0 saturated heterocycles. The average Bonchev–Trinajstić information content (AvgIpc) is 1.64. The van der Waals surface area contributed by atoms with Gasteiger partial charge in [-0.25, -0.2) is 0 Å². The Morgan fingerprint density at radius 1 is 1.75 bits per heavy atom. The van der Waals surface area contributed by atoms with Gasteiger partial charge >= 0.3 is 0 Å². The molecule has 0 amide bonds. The molecule has 8 heavy (non-hydrogen) atoms. The van der Waals surface area contributed by atoms with E-state index in [0.29, 0.717) is 0 Å². The van der Waals surface area contributed by atoms with Crippen molar-refractivity contribution in [2.24, 2.45) is 0 Å². The third-order valence-electron chi connectivity index (χ3n) is 1.27. The van der Waals surface area contributed by atoms with Gasteiger partial charge in [-0.15, -0.1) is 0 Å². The van der Waals surface area contributed by atoms with E-state index in [2.05, 4.69) is 4.90 Å². The lowest BCUT2D eigenvalue weighted by Crippen LogP contribution is -2.31. The van der Waals surface area contributed by atoms with E-state index in [9.17, 15) is 0 Å². The molecule has 1 N–H and O–H groups in total. The summed E-state index contributed by atoms with van der Waals surface area (Å²) < 4.78 is 0. The Morgan fingerprint density at radius 2 is 2.50 bits per heavy atom. The molecule has 0 bridgehead atoms. The quantitative estimate of drug-likeness (QED) is 0.441. The van der Waals surface area contributed by atoms with Crippen molar-refractivity contribution in [1.29, 1.82) is 0 Å². The van der Waals surface area contributed by atoms with E-state index < -0.39 is 0 Å². The lowest BCUT2D eigenvalue weighted by molar-refractivity contribution is 0.161. The van der Waals surface area contributed by atoms with E-state index in [1.807, 2.05) is 19.2 Å². The lowest BCUT2D eigenvalue weighted by atomic mass is 10.2. The van der Waals surface area contributed by atoms with Crippen LogP contribution in [0.1, 0.15) is 0 Å². The molecule has 2 heteroatoms. The summed E-state index contributed by atoms with van der Waals surface area (Å²) in [5.41, 5.74) is 0. The highest BCUT2D eigenvalue weighted by molar-refractivity contribution is 4.96. The second-order valence-electron chi connectivity index (χ2n) is 2.22. The SMILES string of the molecule is CN1CC=C[C@@H](O)C1. The molecule has 46 valence electrons. The van der Waals surface area contributed by atoms with Gasteiger partial charge in [-0.2, -0.15) is 0 Å². The zero-order chi connectivity index (χ0) is 5.98. The molecular formula is C6H11NO. The molecule has 0 fully saturated rings. The highest BCUT2D eigenvalue weighted by atomic mass is 16.3. The zero-order valence-electron chi connectivity index (χ0n) is 5.04. The summed E-state index contributed by atoms with van der Waals surface area (Å²) in [4.78, 5) is 2.07. The van der Waals surface area contributed by atoms with Gasteiger partial charge in [0.25, 0.3) is 0 Å². The Bertz CT molecular complexity index is 101. The molecule has 1 aliphatic rings. The van der Waals surface area contributed by atoms with Gasteiger partial charge in [-0.3, -0.25) is 4.90 Å². The minimum atomic E-state index is -0.242. The fraction of sp³-hybridized carbons (Fsp3) is 0.667. The summed E-state index contributed by atoms with van der Waals surface area (Å²) in [6.45, 7) is 1.74. The standard InChI is InChI=1S/C6H11NO/c1-7-4-2-3-6(8)5-7/h2-3,6,8H,4-5H2,1H3/t6-/m1/s1. The fourth-order valence-electron chi connectivity index (χ4n) is 0.853. The number of hydrogen-bond acceptors (Lipinski definition) is 2. The smallest absolute Gasteiger partial charge is 0.0848 e. The lowest BCUT2D eigenvalue weighted by Gasteiger charge is -2.20. The van der Waals surface area contributed by atoms with Crippen LogP contribution in [0.3, 0.4) is 0 Å². The maximum Gasteiger partial charge on any atom is 0.0848 e. The largest absolute Gasteiger partial charge is 0.388 e. The molecule has 0 aromatic rings. The first-order valence-corrected chi connectivity index (χ1v) is 2.82. The van der Waals surface area contributed by atoms with Crippen molar-refractivity contribution >= 4 is 0 Å². The Labute approximate surface area is 49.4 Å². The third-order valence-corrected chi connectivity index (χ3v) is 1.27. The van der Waals surface area contributed by atoms with Crippen LogP contribution in [0.15, 0.2) is 12.2 Å². The maximum atomic E-state index is 8.95. The van der Waals surface area contributed by atoms with Gasteiger partial charge in [-0.05, 0) is 7.05 Å². The summed E-state index contributed by atoms with van der Waals surface area (Å²) in [7, 11) is 1.99. The van der Waals surface area contributed by atoms with Crippen LogP contribution in [-0.4, -0.2) is 36.2 Å².